The summed E-state index contributed by atoms with van der Waals surface area (Å²) in [4.78, 5) is 24.0. The summed E-state index contributed by atoms with van der Waals surface area (Å²) in [6.07, 6.45) is 2.84. The third-order valence-electron chi connectivity index (χ3n) is 3.77. The number of aromatic nitrogens is 4. The van der Waals surface area contributed by atoms with Crippen molar-refractivity contribution in [1.29, 1.82) is 0 Å². The number of carbonyl (C=O) groups is 1. The van der Waals surface area contributed by atoms with Crippen LogP contribution in [0.15, 0.2) is 16.8 Å². The van der Waals surface area contributed by atoms with Crippen molar-refractivity contribution in [2.75, 3.05) is 0 Å². The second kappa shape index (κ2) is 5.99. The monoisotopic (exact) mass is 290 g/mol. The molecule has 0 saturated carbocycles. The third-order valence-corrected chi connectivity index (χ3v) is 3.77. The number of aryl methyl sites for hydroxylation is 1. The minimum Gasteiger partial charge on any atom is -0.481 e. The molecule has 0 unspecified atom stereocenters. The molecule has 2 rings (SSSR count). The molecular formula is C14H18N4O3. The zero-order valence-electron chi connectivity index (χ0n) is 12.3. The fourth-order valence-electron chi connectivity index (χ4n) is 2.18. The average molecular weight is 290 g/mol. The molecule has 0 saturated heterocycles. The lowest BCUT2D eigenvalue weighted by molar-refractivity contribution is -0.149. The van der Waals surface area contributed by atoms with Crippen LogP contribution in [0.4, 0.5) is 0 Å². The third kappa shape index (κ3) is 3.07. The number of hydrogen-bond donors (Lipinski definition) is 1. The van der Waals surface area contributed by atoms with Gasteiger partial charge in [-0.05, 0) is 25.8 Å². The Balaban J connectivity index is 2.26. The van der Waals surface area contributed by atoms with E-state index >= 15 is 0 Å². The maximum Gasteiger partial charge on any atom is 0.310 e. The fraction of sp³-hybridized carbons (Fsp3) is 0.500. The van der Waals surface area contributed by atoms with Crippen LogP contribution in [0.5, 0.6) is 0 Å². The maximum atomic E-state index is 11.5. The quantitative estimate of drug-likeness (QED) is 0.870. The Morgan fingerprint density at radius 2 is 2.05 bits per heavy atom. The van der Waals surface area contributed by atoms with Gasteiger partial charge in [0.05, 0.1) is 5.41 Å². The molecule has 0 bridgehead atoms. The summed E-state index contributed by atoms with van der Waals surface area (Å²) in [5.74, 6) is 0.431. The molecule has 7 heteroatoms. The van der Waals surface area contributed by atoms with Gasteiger partial charge in [0.1, 0.15) is 11.5 Å². The number of carboxylic acid groups (broad SMARTS) is 1. The Morgan fingerprint density at radius 3 is 2.62 bits per heavy atom. The lowest BCUT2D eigenvalue weighted by Gasteiger charge is -2.24. The molecule has 0 spiro atoms. The van der Waals surface area contributed by atoms with Crippen molar-refractivity contribution >= 4 is 5.97 Å². The SMILES string of the molecule is CCC(CC)(Cc1nc(-c2ccnc(C)n2)no1)C(=O)O. The average Bonchev–Trinajstić information content (AvgIpc) is 2.93. The van der Waals surface area contributed by atoms with Crippen molar-refractivity contribution < 1.29 is 14.4 Å². The minimum atomic E-state index is -0.870. The largest absolute Gasteiger partial charge is 0.481 e. The summed E-state index contributed by atoms with van der Waals surface area (Å²) in [6, 6.07) is 1.69. The van der Waals surface area contributed by atoms with E-state index in [0.717, 1.165) is 0 Å². The standard InChI is InChI=1S/C14H18N4O3/c1-4-14(5-2,13(19)20)8-11-17-12(18-21-11)10-6-7-15-9(3)16-10/h6-7H,4-5,8H2,1-3H3,(H,19,20). The molecule has 0 aromatic carbocycles. The highest BCUT2D eigenvalue weighted by atomic mass is 16.5. The molecule has 112 valence electrons. The number of aliphatic carboxylic acids is 1. The summed E-state index contributed by atoms with van der Waals surface area (Å²) >= 11 is 0. The van der Waals surface area contributed by atoms with Gasteiger partial charge in [-0.25, -0.2) is 9.97 Å². The molecule has 2 heterocycles. The zero-order valence-corrected chi connectivity index (χ0v) is 12.3. The number of hydrogen-bond acceptors (Lipinski definition) is 6. The second-order valence-corrected chi connectivity index (χ2v) is 4.97. The van der Waals surface area contributed by atoms with Crippen LogP contribution in [-0.4, -0.2) is 31.2 Å². The molecule has 7 nitrogen and oxygen atoms in total. The highest BCUT2D eigenvalue weighted by Crippen LogP contribution is 2.31. The van der Waals surface area contributed by atoms with Gasteiger partial charge in [-0.2, -0.15) is 4.98 Å². The second-order valence-electron chi connectivity index (χ2n) is 4.97. The van der Waals surface area contributed by atoms with Crippen LogP contribution in [0.1, 0.15) is 38.4 Å². The molecule has 21 heavy (non-hydrogen) atoms. The van der Waals surface area contributed by atoms with Gasteiger partial charge in [0, 0.05) is 12.6 Å². The van der Waals surface area contributed by atoms with Crippen LogP contribution in [0.2, 0.25) is 0 Å². The fourth-order valence-corrected chi connectivity index (χ4v) is 2.18. The molecule has 0 atom stereocenters. The van der Waals surface area contributed by atoms with Gasteiger partial charge in [0.25, 0.3) is 0 Å². The van der Waals surface area contributed by atoms with E-state index in [1.807, 2.05) is 13.8 Å². The summed E-state index contributed by atoms with van der Waals surface area (Å²) in [5.41, 5.74) is -0.308. The predicted molar refractivity (Wildman–Crippen MR) is 74.4 cm³/mol. The first-order valence-corrected chi connectivity index (χ1v) is 6.86. The van der Waals surface area contributed by atoms with Gasteiger partial charge in [-0.1, -0.05) is 19.0 Å². The van der Waals surface area contributed by atoms with E-state index in [-0.39, 0.29) is 6.42 Å². The van der Waals surface area contributed by atoms with Crippen molar-refractivity contribution in [3.63, 3.8) is 0 Å². The van der Waals surface area contributed by atoms with Gasteiger partial charge in [-0.3, -0.25) is 4.79 Å². The molecule has 0 aliphatic carbocycles. The Bertz CT molecular complexity index is 635. The Kier molecular flexibility index (Phi) is 4.30. The molecule has 0 amide bonds. The predicted octanol–water partition coefficient (Wildman–Crippen LogP) is 2.27. The van der Waals surface area contributed by atoms with E-state index in [0.29, 0.717) is 36.1 Å². The smallest absolute Gasteiger partial charge is 0.310 e. The first-order valence-electron chi connectivity index (χ1n) is 6.86. The molecule has 0 aliphatic heterocycles. The van der Waals surface area contributed by atoms with E-state index in [4.69, 9.17) is 4.52 Å². The zero-order chi connectivity index (χ0) is 15.5. The lowest BCUT2D eigenvalue weighted by atomic mass is 9.79. The summed E-state index contributed by atoms with van der Waals surface area (Å²) in [5, 5.41) is 13.3. The minimum absolute atomic E-state index is 0.215. The Labute approximate surface area is 122 Å². The van der Waals surface area contributed by atoms with Gasteiger partial charge in [0.15, 0.2) is 0 Å². The molecular weight excluding hydrogens is 272 g/mol. The van der Waals surface area contributed by atoms with E-state index in [1.54, 1.807) is 19.2 Å². The van der Waals surface area contributed by atoms with Crippen molar-refractivity contribution in [3.8, 4) is 11.5 Å². The first kappa shape index (κ1) is 15.1. The summed E-state index contributed by atoms with van der Waals surface area (Å²) in [7, 11) is 0. The molecule has 0 radical (unpaired) electrons. The number of nitrogens with zero attached hydrogens (tertiary/aromatic N) is 4. The lowest BCUT2D eigenvalue weighted by Crippen LogP contribution is -2.32. The van der Waals surface area contributed by atoms with Crippen LogP contribution in [0.25, 0.3) is 11.5 Å². The molecule has 0 fully saturated rings. The summed E-state index contributed by atoms with van der Waals surface area (Å²) in [6.45, 7) is 5.47. The van der Waals surface area contributed by atoms with E-state index in [2.05, 4.69) is 20.1 Å². The highest BCUT2D eigenvalue weighted by molar-refractivity contribution is 5.74. The molecule has 1 N–H and O–H groups in total. The van der Waals surface area contributed by atoms with E-state index in [1.165, 1.54) is 0 Å². The van der Waals surface area contributed by atoms with Crippen molar-refractivity contribution in [3.05, 3.63) is 24.0 Å². The van der Waals surface area contributed by atoms with Crippen LogP contribution >= 0.6 is 0 Å². The number of carboxylic acids is 1. The number of rotatable bonds is 6. The van der Waals surface area contributed by atoms with E-state index < -0.39 is 11.4 Å². The van der Waals surface area contributed by atoms with Crippen LogP contribution in [-0.2, 0) is 11.2 Å². The van der Waals surface area contributed by atoms with Gasteiger partial charge in [0.2, 0.25) is 11.7 Å². The molecule has 0 aliphatic rings. The topological polar surface area (TPSA) is 102 Å². The first-order chi connectivity index (χ1) is 10.0. The van der Waals surface area contributed by atoms with Crippen molar-refractivity contribution in [2.24, 2.45) is 5.41 Å². The normalized spacial score (nSPS) is 11.6. The van der Waals surface area contributed by atoms with Crippen molar-refractivity contribution in [1.82, 2.24) is 20.1 Å². The van der Waals surface area contributed by atoms with Crippen LogP contribution in [0, 0.1) is 12.3 Å². The highest BCUT2D eigenvalue weighted by Gasteiger charge is 2.37. The van der Waals surface area contributed by atoms with E-state index in [9.17, 15) is 9.90 Å². The summed E-state index contributed by atoms with van der Waals surface area (Å²) < 4.78 is 5.18. The molecule has 2 aromatic heterocycles. The Morgan fingerprint density at radius 1 is 1.33 bits per heavy atom. The van der Waals surface area contributed by atoms with Crippen LogP contribution < -0.4 is 0 Å². The van der Waals surface area contributed by atoms with Gasteiger partial charge < -0.3 is 9.63 Å². The van der Waals surface area contributed by atoms with Gasteiger partial charge >= 0.3 is 5.97 Å². The molecule has 2 aromatic rings. The Hall–Kier alpha value is -2.31. The van der Waals surface area contributed by atoms with Crippen molar-refractivity contribution in [2.45, 2.75) is 40.0 Å². The van der Waals surface area contributed by atoms with Crippen LogP contribution in [0.3, 0.4) is 0 Å². The maximum absolute atomic E-state index is 11.5. The van der Waals surface area contributed by atoms with Gasteiger partial charge in [-0.15, -0.1) is 0 Å².